The van der Waals surface area contributed by atoms with Crippen LogP contribution in [-0.4, -0.2) is 57.2 Å². The largest absolute Gasteiger partial charge is 0.444 e. The van der Waals surface area contributed by atoms with Crippen molar-refractivity contribution in [1.29, 1.82) is 0 Å². The van der Waals surface area contributed by atoms with Crippen molar-refractivity contribution in [3.05, 3.63) is 0 Å². The summed E-state index contributed by atoms with van der Waals surface area (Å²) in [5.74, 6) is 0.331. The second-order valence-corrected chi connectivity index (χ2v) is 12.1. The molecule has 0 radical (unpaired) electrons. The van der Waals surface area contributed by atoms with Gasteiger partial charge in [0.25, 0.3) is 0 Å². The average molecular weight is 434 g/mol. The van der Waals surface area contributed by atoms with Crippen molar-refractivity contribution in [3.63, 3.8) is 0 Å². The van der Waals surface area contributed by atoms with Crippen molar-refractivity contribution >= 4 is 17.9 Å². The van der Waals surface area contributed by atoms with Crippen LogP contribution < -0.4 is 11.1 Å². The maximum atomic E-state index is 14.0. The fourth-order valence-electron chi connectivity index (χ4n) is 7.70. The van der Waals surface area contributed by atoms with Crippen LogP contribution in [0.4, 0.5) is 4.79 Å². The fraction of sp³-hybridized carbons (Fsp3) is 0.870. The van der Waals surface area contributed by atoms with E-state index < -0.39 is 40.7 Å². The number of likely N-dealkylation sites (tertiary alicyclic amines) is 1. The first-order chi connectivity index (χ1) is 14.4. The molecule has 0 aromatic heterocycles. The minimum Gasteiger partial charge on any atom is -0.444 e. The van der Waals surface area contributed by atoms with E-state index in [1.807, 2.05) is 0 Å². The number of piperidine rings is 1. The minimum atomic E-state index is -0.819. The molecule has 0 aromatic carbocycles. The number of primary amides is 1. The lowest BCUT2D eigenvalue weighted by molar-refractivity contribution is -0.181. The van der Waals surface area contributed by atoms with Gasteiger partial charge in [0.05, 0.1) is 5.60 Å². The lowest BCUT2D eigenvalue weighted by Gasteiger charge is -2.62. The minimum absolute atomic E-state index is 0.0323. The zero-order chi connectivity index (χ0) is 22.3. The molecule has 6 aliphatic rings. The highest BCUT2D eigenvalue weighted by Gasteiger charge is 2.64. The number of alkyl carbamates (subject to hydrolysis) is 1. The van der Waals surface area contributed by atoms with Gasteiger partial charge < -0.3 is 25.8 Å². The Kier molecular flexibility index (Phi) is 4.47. The van der Waals surface area contributed by atoms with Crippen LogP contribution in [0, 0.1) is 23.2 Å². The fourth-order valence-corrected chi connectivity index (χ4v) is 7.70. The van der Waals surface area contributed by atoms with E-state index in [0.717, 1.165) is 38.5 Å². The lowest BCUT2D eigenvalue weighted by Crippen LogP contribution is -2.67. The zero-order valence-electron chi connectivity index (χ0n) is 18.7. The van der Waals surface area contributed by atoms with E-state index in [1.54, 1.807) is 25.7 Å². The Balaban J connectivity index is 1.47. The predicted molar refractivity (Wildman–Crippen MR) is 112 cm³/mol. The molecule has 0 spiro atoms. The maximum Gasteiger partial charge on any atom is 0.408 e. The summed E-state index contributed by atoms with van der Waals surface area (Å²) < 4.78 is 5.51. The first-order valence-corrected chi connectivity index (χ1v) is 11.7. The summed E-state index contributed by atoms with van der Waals surface area (Å²) in [4.78, 5) is 40.5. The maximum absolute atomic E-state index is 14.0. The summed E-state index contributed by atoms with van der Waals surface area (Å²) in [7, 11) is 0. The summed E-state index contributed by atoms with van der Waals surface area (Å²) in [6.45, 7) is 5.36. The van der Waals surface area contributed by atoms with Crippen LogP contribution >= 0.6 is 0 Å². The number of hydrogen-bond acceptors (Lipinski definition) is 5. The van der Waals surface area contributed by atoms with Crippen LogP contribution in [0.25, 0.3) is 0 Å². The van der Waals surface area contributed by atoms with Gasteiger partial charge in [-0.3, -0.25) is 9.59 Å². The van der Waals surface area contributed by atoms with E-state index in [4.69, 9.17) is 10.5 Å². The Morgan fingerprint density at radius 3 is 2.29 bits per heavy atom. The molecular weight excluding hydrogens is 398 g/mol. The number of carbonyl (C=O) groups is 3. The molecule has 8 heteroatoms. The number of fused-ring (bicyclic) bond motifs is 1. The normalized spacial score (nSPS) is 43.4. The van der Waals surface area contributed by atoms with Gasteiger partial charge in [-0.2, -0.15) is 0 Å². The van der Waals surface area contributed by atoms with E-state index in [1.165, 1.54) is 0 Å². The lowest BCUT2D eigenvalue weighted by atomic mass is 9.46. The zero-order valence-corrected chi connectivity index (χ0v) is 18.7. The molecule has 8 nitrogen and oxygen atoms in total. The number of aliphatic hydroxyl groups is 1. The monoisotopic (exact) mass is 433 g/mol. The molecule has 0 aromatic rings. The number of nitrogens with zero attached hydrogens (tertiary/aromatic N) is 1. The van der Waals surface area contributed by atoms with E-state index in [-0.39, 0.29) is 11.9 Å². The van der Waals surface area contributed by atoms with E-state index in [9.17, 15) is 19.5 Å². The van der Waals surface area contributed by atoms with Crippen molar-refractivity contribution in [2.45, 2.75) is 101 Å². The van der Waals surface area contributed by atoms with Crippen LogP contribution in [0.5, 0.6) is 0 Å². The molecule has 6 rings (SSSR count). The molecule has 4 N–H and O–H groups in total. The van der Waals surface area contributed by atoms with Gasteiger partial charge in [-0.05, 0) is 89.9 Å². The van der Waals surface area contributed by atoms with Crippen LogP contribution in [0.1, 0.15) is 72.1 Å². The molecule has 3 amide bonds. The summed E-state index contributed by atoms with van der Waals surface area (Å²) in [6.07, 6.45) is 5.61. The number of amides is 3. The summed E-state index contributed by atoms with van der Waals surface area (Å²) in [6, 6.07) is -1.40. The molecule has 5 saturated carbocycles. The van der Waals surface area contributed by atoms with Crippen LogP contribution in [0.3, 0.4) is 0 Å². The highest BCUT2D eigenvalue weighted by Crippen LogP contribution is 2.63. The summed E-state index contributed by atoms with van der Waals surface area (Å²) in [5.41, 5.74) is 3.66. The van der Waals surface area contributed by atoms with Gasteiger partial charge >= 0.3 is 6.09 Å². The molecule has 31 heavy (non-hydrogen) atoms. The second-order valence-electron chi connectivity index (χ2n) is 12.1. The Morgan fingerprint density at radius 2 is 1.74 bits per heavy atom. The van der Waals surface area contributed by atoms with Gasteiger partial charge in [-0.25, -0.2) is 4.79 Å². The Morgan fingerprint density at radius 1 is 1.10 bits per heavy atom. The van der Waals surface area contributed by atoms with Crippen molar-refractivity contribution in [2.75, 3.05) is 0 Å². The third-order valence-corrected chi connectivity index (χ3v) is 8.28. The smallest absolute Gasteiger partial charge is 0.408 e. The molecule has 172 valence electrons. The molecule has 1 saturated heterocycles. The van der Waals surface area contributed by atoms with Gasteiger partial charge in [0, 0.05) is 11.5 Å². The molecule has 1 heterocycles. The number of rotatable bonds is 4. The molecular formula is C23H35N3O5. The summed E-state index contributed by atoms with van der Waals surface area (Å²) in [5, 5.41) is 14.1. The SMILES string of the molecule is CC(C)(C)OC(=O)NC(C(=O)N1[C@H](C(N)=O)C[C@@H]2C[C@@H]21)C12CC3CC(CC(O)(C3)C1)C2. The topological polar surface area (TPSA) is 122 Å². The highest BCUT2D eigenvalue weighted by atomic mass is 16.6. The van der Waals surface area contributed by atoms with E-state index in [0.29, 0.717) is 30.6 Å². The van der Waals surface area contributed by atoms with Crippen LogP contribution in [0.2, 0.25) is 0 Å². The Bertz CT molecular complexity index is 807. The van der Waals surface area contributed by atoms with Crippen molar-refractivity contribution < 1.29 is 24.2 Å². The molecule has 6 atom stereocenters. The molecule has 5 aliphatic carbocycles. The summed E-state index contributed by atoms with van der Waals surface area (Å²) >= 11 is 0. The first kappa shape index (κ1) is 21.0. The Labute approximate surface area is 183 Å². The third kappa shape index (κ3) is 3.60. The molecule has 3 unspecified atom stereocenters. The number of hydrogen-bond donors (Lipinski definition) is 3. The van der Waals surface area contributed by atoms with E-state index >= 15 is 0 Å². The first-order valence-electron chi connectivity index (χ1n) is 11.7. The molecule has 1 aliphatic heterocycles. The Hall–Kier alpha value is -1.83. The van der Waals surface area contributed by atoms with Crippen molar-refractivity contribution in [3.8, 4) is 0 Å². The molecule has 4 bridgehead atoms. The van der Waals surface area contributed by atoms with Crippen LogP contribution in [-0.2, 0) is 14.3 Å². The second kappa shape index (κ2) is 6.59. The molecule has 6 fully saturated rings. The van der Waals surface area contributed by atoms with Crippen molar-refractivity contribution in [1.82, 2.24) is 10.2 Å². The highest BCUT2D eigenvalue weighted by molar-refractivity contribution is 5.92. The standard InChI is InChI=1S/C23H35N3O5/c1-21(2,3)31-20(29)25-17(19(28)26-15-5-14(15)6-16(26)18(24)27)22-7-12-4-13(8-22)10-23(30,9-12)11-22/h12-17,30H,4-11H2,1-3H3,(H2,24,27)(H,25,29)/t12?,13?,14-,15-,16-,17?,22?,23?/m0/s1. The quantitative estimate of drug-likeness (QED) is 0.623. The number of nitrogens with two attached hydrogens (primary N) is 1. The van der Waals surface area contributed by atoms with Crippen molar-refractivity contribution in [2.24, 2.45) is 28.9 Å². The van der Waals surface area contributed by atoms with Gasteiger partial charge in [-0.1, -0.05) is 0 Å². The van der Waals surface area contributed by atoms with Gasteiger partial charge in [-0.15, -0.1) is 0 Å². The van der Waals surface area contributed by atoms with Gasteiger partial charge in [0.2, 0.25) is 11.8 Å². The third-order valence-electron chi connectivity index (χ3n) is 8.28. The number of nitrogens with one attached hydrogen (secondary N) is 1. The van der Waals surface area contributed by atoms with E-state index in [2.05, 4.69) is 5.32 Å². The average Bonchev–Trinajstić information content (AvgIpc) is 3.25. The predicted octanol–water partition coefficient (Wildman–Crippen LogP) is 1.69. The number of carbonyl (C=O) groups excluding carboxylic acids is 3. The van der Waals surface area contributed by atoms with Gasteiger partial charge in [0.1, 0.15) is 17.7 Å². The van der Waals surface area contributed by atoms with Gasteiger partial charge in [0.15, 0.2) is 0 Å². The van der Waals surface area contributed by atoms with Crippen LogP contribution in [0.15, 0.2) is 0 Å². The number of ether oxygens (including phenoxy) is 1.